The van der Waals surface area contributed by atoms with Crippen LogP contribution in [0.1, 0.15) is 48.0 Å². The molecular formula is C31H31N5NaO4. The molecule has 3 aromatic heterocycles. The zero-order chi connectivity index (χ0) is 28.1. The molecule has 1 radical (unpaired) electrons. The van der Waals surface area contributed by atoms with Crippen LogP contribution in [0.2, 0.25) is 0 Å². The van der Waals surface area contributed by atoms with Crippen LogP contribution in [-0.4, -0.2) is 61.3 Å². The van der Waals surface area contributed by atoms with Crippen LogP contribution in [0.15, 0.2) is 81.0 Å². The van der Waals surface area contributed by atoms with Crippen LogP contribution >= 0.6 is 0 Å². The topological polar surface area (TPSA) is 116 Å². The van der Waals surface area contributed by atoms with Crippen LogP contribution in [0.5, 0.6) is 5.88 Å². The maximum atomic E-state index is 13.8. The van der Waals surface area contributed by atoms with Gasteiger partial charge in [-0.15, -0.1) is 0 Å². The Balaban J connectivity index is 0.00000387. The first-order valence-electron chi connectivity index (χ1n) is 13.3. The predicted molar refractivity (Wildman–Crippen MR) is 158 cm³/mol. The molecular weight excluding hydrogens is 529 g/mol. The molecule has 0 amide bonds. The third-order valence-corrected chi connectivity index (χ3v) is 6.92. The molecule has 2 aromatic carbocycles. The van der Waals surface area contributed by atoms with Gasteiger partial charge in [0.1, 0.15) is 5.82 Å². The van der Waals surface area contributed by atoms with E-state index in [1.807, 2.05) is 61.5 Å². The van der Waals surface area contributed by atoms with Crippen LogP contribution in [-0.2, 0) is 19.4 Å². The molecule has 0 aliphatic carbocycles. The molecule has 1 N–H and O–H groups in total. The van der Waals surface area contributed by atoms with E-state index in [1.54, 1.807) is 23.9 Å². The van der Waals surface area contributed by atoms with Crippen LogP contribution in [0.4, 0.5) is 0 Å². The molecule has 0 unspecified atom stereocenters. The van der Waals surface area contributed by atoms with Gasteiger partial charge in [0, 0.05) is 59.4 Å². The van der Waals surface area contributed by atoms with Gasteiger partial charge < -0.3 is 4.74 Å². The Morgan fingerprint density at radius 3 is 2.34 bits per heavy atom. The van der Waals surface area contributed by atoms with Crippen molar-refractivity contribution in [2.24, 2.45) is 0 Å². The Hall–Kier alpha value is -3.79. The second-order valence-electron chi connectivity index (χ2n) is 9.65. The van der Waals surface area contributed by atoms with Crippen molar-refractivity contribution in [3.8, 4) is 28.4 Å². The molecule has 5 aromatic rings. The first-order valence-corrected chi connectivity index (χ1v) is 13.3. The predicted octanol–water partition coefficient (Wildman–Crippen LogP) is 4.57. The fourth-order valence-electron chi connectivity index (χ4n) is 4.77. The van der Waals surface area contributed by atoms with Gasteiger partial charge in [0.2, 0.25) is 5.88 Å². The molecule has 205 valence electrons. The van der Waals surface area contributed by atoms with Crippen molar-refractivity contribution in [2.45, 2.75) is 46.1 Å². The number of rotatable bonds is 10. The van der Waals surface area contributed by atoms with Gasteiger partial charge in [-0.2, -0.15) is 0 Å². The van der Waals surface area contributed by atoms with Crippen molar-refractivity contribution in [2.75, 3.05) is 7.11 Å². The second-order valence-corrected chi connectivity index (χ2v) is 9.65. The molecule has 3 heterocycles. The summed E-state index contributed by atoms with van der Waals surface area (Å²) >= 11 is 0. The molecule has 9 nitrogen and oxygen atoms in total. The van der Waals surface area contributed by atoms with E-state index in [1.165, 1.54) is 0 Å². The summed E-state index contributed by atoms with van der Waals surface area (Å²) in [7, 11) is 1.58. The minimum atomic E-state index is -0.598. The molecule has 0 aliphatic heterocycles. The average molecular weight is 561 g/mol. The standard InChI is InChI=1S/C31H31N5O4.Na/c1-4-5-10-27-26(30(37)36(20(2)33-27)19-22-13-16-28(39-3)32-18-22)17-21-11-14-23(15-12-21)24-8-6-7-9-25(24)29-34-31(38)40-35-29;/h6-9,11-16,18H,4-5,10,17,19H2,1-3H3,(H,34,35,38);. The number of pyridine rings is 1. The number of unbranched alkanes of at least 4 members (excludes halogenated alkanes) is 1. The zero-order valence-corrected chi connectivity index (χ0v) is 25.8. The van der Waals surface area contributed by atoms with E-state index in [0.29, 0.717) is 36.1 Å². The number of nitrogens with one attached hydrogen (secondary N) is 1. The zero-order valence-electron chi connectivity index (χ0n) is 23.8. The quantitative estimate of drug-likeness (QED) is 0.249. The Bertz CT molecular complexity index is 1720. The minimum Gasteiger partial charge on any atom is -0.481 e. The van der Waals surface area contributed by atoms with Crippen molar-refractivity contribution in [1.82, 2.24) is 24.7 Å². The smallest absolute Gasteiger partial charge is 0.439 e. The van der Waals surface area contributed by atoms with E-state index in [9.17, 15) is 9.59 Å². The van der Waals surface area contributed by atoms with Crippen LogP contribution in [0.3, 0.4) is 0 Å². The van der Waals surface area contributed by atoms with Crippen LogP contribution in [0, 0.1) is 6.92 Å². The Kier molecular flexibility index (Phi) is 10.1. The largest absolute Gasteiger partial charge is 0.481 e. The number of hydrogen-bond donors (Lipinski definition) is 1. The normalized spacial score (nSPS) is 10.8. The van der Waals surface area contributed by atoms with Gasteiger partial charge in [-0.25, -0.2) is 14.8 Å². The van der Waals surface area contributed by atoms with Crippen molar-refractivity contribution in [1.29, 1.82) is 0 Å². The van der Waals surface area contributed by atoms with Crippen molar-refractivity contribution in [3.05, 3.63) is 116 Å². The molecule has 0 aliphatic rings. The number of methoxy groups -OCH3 is 1. The van der Waals surface area contributed by atoms with E-state index in [2.05, 4.69) is 22.0 Å². The maximum absolute atomic E-state index is 13.8. The number of ether oxygens (including phenoxy) is 1. The number of H-pyrrole nitrogens is 1. The van der Waals surface area contributed by atoms with E-state index in [0.717, 1.165) is 52.8 Å². The van der Waals surface area contributed by atoms with E-state index >= 15 is 0 Å². The maximum Gasteiger partial charge on any atom is 0.439 e. The molecule has 0 fully saturated rings. The van der Waals surface area contributed by atoms with Gasteiger partial charge in [-0.1, -0.05) is 73.1 Å². The third kappa shape index (κ3) is 6.93. The number of hydrogen-bond acceptors (Lipinski definition) is 7. The summed E-state index contributed by atoms with van der Waals surface area (Å²) in [5, 5.41) is 3.85. The van der Waals surface area contributed by atoms with E-state index in [4.69, 9.17) is 14.2 Å². The summed E-state index contributed by atoms with van der Waals surface area (Å²) in [6, 6.07) is 19.5. The Morgan fingerprint density at radius 2 is 1.71 bits per heavy atom. The molecule has 0 atom stereocenters. The third-order valence-electron chi connectivity index (χ3n) is 6.92. The summed E-state index contributed by atoms with van der Waals surface area (Å²) in [6.45, 7) is 4.40. The van der Waals surface area contributed by atoms with Crippen molar-refractivity contribution >= 4 is 29.6 Å². The summed E-state index contributed by atoms with van der Waals surface area (Å²) in [4.78, 5) is 37.1. The van der Waals surface area contributed by atoms with Gasteiger partial charge in [-0.3, -0.25) is 18.9 Å². The first-order chi connectivity index (χ1) is 19.5. The Morgan fingerprint density at radius 1 is 0.976 bits per heavy atom. The van der Waals surface area contributed by atoms with E-state index in [-0.39, 0.29) is 35.1 Å². The number of aromatic nitrogens is 5. The van der Waals surface area contributed by atoms with Gasteiger partial charge in [0.15, 0.2) is 5.82 Å². The molecule has 41 heavy (non-hydrogen) atoms. The summed E-state index contributed by atoms with van der Waals surface area (Å²) in [5.74, 6) is 0.999. The second kappa shape index (κ2) is 13.7. The van der Waals surface area contributed by atoms with Crippen LogP contribution < -0.4 is 16.1 Å². The van der Waals surface area contributed by atoms with Gasteiger partial charge in [0.25, 0.3) is 5.56 Å². The molecule has 0 bridgehead atoms. The number of benzene rings is 2. The van der Waals surface area contributed by atoms with Crippen molar-refractivity contribution in [3.63, 3.8) is 0 Å². The van der Waals surface area contributed by atoms with Gasteiger partial charge in [-0.05, 0) is 42.0 Å². The molecule has 5 rings (SSSR count). The molecule has 0 saturated carbocycles. The summed E-state index contributed by atoms with van der Waals surface area (Å²) in [5.41, 5.74) is 6.09. The van der Waals surface area contributed by atoms with E-state index < -0.39 is 5.76 Å². The first kappa shape index (κ1) is 30.2. The van der Waals surface area contributed by atoms with Gasteiger partial charge >= 0.3 is 5.76 Å². The van der Waals surface area contributed by atoms with Crippen LogP contribution in [0.25, 0.3) is 22.5 Å². The number of aromatic amines is 1. The fourth-order valence-corrected chi connectivity index (χ4v) is 4.77. The van der Waals surface area contributed by atoms with Crippen molar-refractivity contribution < 1.29 is 9.26 Å². The molecule has 0 spiro atoms. The molecule has 0 saturated heterocycles. The number of aryl methyl sites for hydroxylation is 2. The fraction of sp³-hybridized carbons (Fsp3) is 0.258. The minimum absolute atomic E-state index is 0. The summed E-state index contributed by atoms with van der Waals surface area (Å²) in [6.07, 6.45) is 4.94. The van der Waals surface area contributed by atoms with Gasteiger partial charge in [0.05, 0.1) is 19.3 Å². The summed E-state index contributed by atoms with van der Waals surface area (Å²) < 4.78 is 11.6. The molecule has 10 heteroatoms. The average Bonchev–Trinajstić information content (AvgIpc) is 3.42. The monoisotopic (exact) mass is 560 g/mol. The Labute approximate surface area is 259 Å². The SMILES string of the molecule is CCCCc1nc(C)n(Cc2ccc(OC)nc2)c(=O)c1Cc1ccc(-c2ccccc2-c2noc(=O)[nH]2)cc1.[Na]. The number of nitrogens with zero attached hydrogens (tertiary/aromatic N) is 4.